The van der Waals surface area contributed by atoms with Crippen molar-refractivity contribution in [3.8, 4) is 11.3 Å². The highest BCUT2D eigenvalue weighted by Crippen LogP contribution is 2.26. The minimum absolute atomic E-state index is 0.298. The number of aromatic nitrogens is 2. The van der Waals surface area contributed by atoms with Crippen molar-refractivity contribution in [2.24, 2.45) is 0 Å². The Kier molecular flexibility index (Phi) is 4.81. The number of amides is 1. The third-order valence-corrected chi connectivity index (χ3v) is 3.87. The van der Waals surface area contributed by atoms with Crippen molar-refractivity contribution in [3.63, 3.8) is 0 Å². The molecule has 0 bridgehead atoms. The summed E-state index contributed by atoms with van der Waals surface area (Å²) in [5.41, 5.74) is 2.57. The molecule has 1 aromatic heterocycles. The number of hydrogen-bond acceptors (Lipinski definition) is 4. The van der Waals surface area contributed by atoms with E-state index in [1.165, 1.54) is 7.11 Å². The number of nitrogens with zero attached hydrogens (tertiary/aromatic N) is 1. The van der Waals surface area contributed by atoms with E-state index >= 15 is 0 Å². The van der Waals surface area contributed by atoms with Crippen LogP contribution in [0.4, 0.5) is 5.69 Å². The van der Waals surface area contributed by atoms with Crippen LogP contribution in [0.3, 0.4) is 0 Å². The molecular formula is C18H14ClN3O3. The predicted molar refractivity (Wildman–Crippen MR) is 94.8 cm³/mol. The molecule has 2 aromatic carbocycles. The zero-order chi connectivity index (χ0) is 17.8. The largest absolute Gasteiger partial charge is 0.465 e. The fourth-order valence-corrected chi connectivity index (χ4v) is 2.48. The number of anilines is 1. The smallest absolute Gasteiger partial charge is 0.337 e. The van der Waals surface area contributed by atoms with E-state index in [9.17, 15) is 9.59 Å². The van der Waals surface area contributed by atoms with Gasteiger partial charge in [0.2, 0.25) is 0 Å². The predicted octanol–water partition coefficient (Wildman–Crippen LogP) is 3.77. The molecule has 3 aromatic rings. The van der Waals surface area contributed by atoms with Crippen LogP contribution in [-0.4, -0.2) is 29.2 Å². The summed E-state index contributed by atoms with van der Waals surface area (Å²) in [6, 6.07) is 15.3. The fourth-order valence-electron chi connectivity index (χ4n) is 2.25. The maximum absolute atomic E-state index is 12.3. The number of hydrogen-bond donors (Lipinski definition) is 2. The van der Waals surface area contributed by atoms with Crippen LogP contribution in [0, 0.1) is 0 Å². The highest BCUT2D eigenvalue weighted by Gasteiger charge is 2.13. The number of H-pyrrole nitrogens is 1. The summed E-state index contributed by atoms with van der Waals surface area (Å²) >= 11 is 6.14. The van der Waals surface area contributed by atoms with Crippen LogP contribution in [0.15, 0.2) is 54.6 Å². The molecule has 7 heteroatoms. The van der Waals surface area contributed by atoms with Crippen molar-refractivity contribution in [2.75, 3.05) is 12.4 Å². The van der Waals surface area contributed by atoms with Crippen molar-refractivity contribution in [3.05, 3.63) is 70.9 Å². The summed E-state index contributed by atoms with van der Waals surface area (Å²) in [7, 11) is 1.31. The second kappa shape index (κ2) is 7.19. The van der Waals surface area contributed by atoms with Gasteiger partial charge in [-0.3, -0.25) is 9.89 Å². The second-order valence-electron chi connectivity index (χ2n) is 5.17. The molecule has 2 N–H and O–H groups in total. The van der Waals surface area contributed by atoms with E-state index in [2.05, 4.69) is 20.3 Å². The Morgan fingerprint density at radius 2 is 1.84 bits per heavy atom. The molecule has 0 saturated carbocycles. The van der Waals surface area contributed by atoms with Crippen LogP contribution in [0.25, 0.3) is 11.3 Å². The number of ether oxygens (including phenoxy) is 1. The Hall–Kier alpha value is -3.12. The number of nitrogens with one attached hydrogen (secondary N) is 2. The van der Waals surface area contributed by atoms with E-state index in [1.807, 2.05) is 18.2 Å². The van der Waals surface area contributed by atoms with Crippen molar-refractivity contribution >= 4 is 29.2 Å². The molecular weight excluding hydrogens is 342 g/mol. The Morgan fingerprint density at radius 1 is 1.12 bits per heavy atom. The molecule has 0 aliphatic carbocycles. The zero-order valence-electron chi connectivity index (χ0n) is 13.2. The van der Waals surface area contributed by atoms with Gasteiger partial charge in [0.15, 0.2) is 0 Å². The third-order valence-electron chi connectivity index (χ3n) is 3.54. The Bertz CT molecular complexity index is 919. The molecule has 0 saturated heterocycles. The van der Waals surface area contributed by atoms with Crippen LogP contribution < -0.4 is 5.32 Å². The number of carbonyl (C=O) groups excluding carboxylic acids is 2. The van der Waals surface area contributed by atoms with Crippen molar-refractivity contribution in [1.29, 1.82) is 0 Å². The molecule has 25 heavy (non-hydrogen) atoms. The van der Waals surface area contributed by atoms with Crippen LogP contribution in [0.2, 0.25) is 5.02 Å². The molecule has 3 rings (SSSR count). The molecule has 0 aliphatic rings. The van der Waals surface area contributed by atoms with Gasteiger partial charge >= 0.3 is 5.97 Å². The van der Waals surface area contributed by atoms with Gasteiger partial charge in [-0.1, -0.05) is 29.8 Å². The number of carbonyl (C=O) groups is 2. The van der Waals surface area contributed by atoms with Gasteiger partial charge in [0.05, 0.1) is 23.4 Å². The zero-order valence-corrected chi connectivity index (χ0v) is 14.0. The molecule has 0 atom stereocenters. The molecule has 0 aliphatic heterocycles. The molecule has 1 amide bonds. The molecule has 6 nitrogen and oxygen atoms in total. The van der Waals surface area contributed by atoms with E-state index in [0.29, 0.717) is 27.7 Å². The van der Waals surface area contributed by atoms with Crippen molar-refractivity contribution in [2.45, 2.75) is 0 Å². The Labute approximate surface area is 148 Å². The number of rotatable bonds is 4. The first-order valence-electron chi connectivity index (χ1n) is 7.38. The van der Waals surface area contributed by atoms with Gasteiger partial charge < -0.3 is 10.1 Å². The number of methoxy groups -OCH3 is 1. The lowest BCUT2D eigenvalue weighted by Crippen LogP contribution is -2.12. The summed E-state index contributed by atoms with van der Waals surface area (Å²) in [5, 5.41) is 10.1. The number of benzene rings is 2. The van der Waals surface area contributed by atoms with E-state index in [1.54, 1.807) is 36.4 Å². The molecule has 0 fully saturated rings. The van der Waals surface area contributed by atoms with Crippen LogP contribution in [0.1, 0.15) is 20.8 Å². The standard InChI is InChI=1S/C18H14ClN3O3/c1-25-18(24)11-6-8-12(9-7-11)20-17(23)16-10-15(21-22-16)13-4-2-3-5-14(13)19/h2-10H,1H3,(H,20,23)(H,21,22). The van der Waals surface area contributed by atoms with Crippen LogP contribution in [-0.2, 0) is 4.74 Å². The molecule has 0 spiro atoms. The van der Waals surface area contributed by atoms with Gasteiger partial charge in [0, 0.05) is 11.3 Å². The lowest BCUT2D eigenvalue weighted by molar-refractivity contribution is 0.0600. The minimum Gasteiger partial charge on any atom is -0.465 e. The lowest BCUT2D eigenvalue weighted by Gasteiger charge is -2.04. The maximum atomic E-state index is 12.3. The summed E-state index contributed by atoms with van der Waals surface area (Å²) in [5.74, 6) is -0.785. The second-order valence-corrected chi connectivity index (χ2v) is 5.58. The quantitative estimate of drug-likeness (QED) is 0.698. The lowest BCUT2D eigenvalue weighted by atomic mass is 10.1. The number of esters is 1. The van der Waals surface area contributed by atoms with Gasteiger partial charge in [-0.15, -0.1) is 0 Å². The highest BCUT2D eigenvalue weighted by molar-refractivity contribution is 6.33. The maximum Gasteiger partial charge on any atom is 0.337 e. The number of halogens is 1. The van der Waals surface area contributed by atoms with E-state index in [0.717, 1.165) is 5.56 Å². The average molecular weight is 356 g/mol. The molecule has 0 radical (unpaired) electrons. The number of aromatic amines is 1. The monoisotopic (exact) mass is 355 g/mol. The topological polar surface area (TPSA) is 84.1 Å². The summed E-state index contributed by atoms with van der Waals surface area (Å²) < 4.78 is 4.63. The first-order valence-corrected chi connectivity index (χ1v) is 7.76. The fraction of sp³-hybridized carbons (Fsp3) is 0.0556. The SMILES string of the molecule is COC(=O)c1ccc(NC(=O)c2cc(-c3ccccc3Cl)n[nH]2)cc1. The summed E-state index contributed by atoms with van der Waals surface area (Å²) in [6.07, 6.45) is 0. The van der Waals surface area contributed by atoms with E-state index < -0.39 is 5.97 Å². The molecule has 1 heterocycles. The third kappa shape index (κ3) is 3.70. The Morgan fingerprint density at radius 3 is 2.52 bits per heavy atom. The van der Waals surface area contributed by atoms with Crippen LogP contribution >= 0.6 is 11.6 Å². The first kappa shape index (κ1) is 16.7. The van der Waals surface area contributed by atoms with Gasteiger partial charge in [-0.2, -0.15) is 5.10 Å². The van der Waals surface area contributed by atoms with Gasteiger partial charge in [-0.05, 0) is 36.4 Å². The first-order chi connectivity index (χ1) is 12.1. The normalized spacial score (nSPS) is 10.3. The molecule has 0 unspecified atom stereocenters. The van der Waals surface area contributed by atoms with Crippen molar-refractivity contribution in [1.82, 2.24) is 10.2 Å². The van der Waals surface area contributed by atoms with Crippen molar-refractivity contribution < 1.29 is 14.3 Å². The van der Waals surface area contributed by atoms with E-state index in [-0.39, 0.29) is 5.91 Å². The summed E-state index contributed by atoms with van der Waals surface area (Å²) in [4.78, 5) is 23.7. The average Bonchev–Trinajstić information content (AvgIpc) is 3.12. The minimum atomic E-state index is -0.434. The van der Waals surface area contributed by atoms with Gasteiger partial charge in [0.1, 0.15) is 5.69 Å². The Balaban J connectivity index is 1.74. The summed E-state index contributed by atoms with van der Waals surface area (Å²) in [6.45, 7) is 0. The highest BCUT2D eigenvalue weighted by atomic mass is 35.5. The van der Waals surface area contributed by atoms with Gasteiger partial charge in [-0.25, -0.2) is 4.79 Å². The van der Waals surface area contributed by atoms with E-state index in [4.69, 9.17) is 11.6 Å². The van der Waals surface area contributed by atoms with Crippen LogP contribution in [0.5, 0.6) is 0 Å². The molecule has 126 valence electrons. The van der Waals surface area contributed by atoms with Gasteiger partial charge in [0.25, 0.3) is 5.91 Å².